The van der Waals surface area contributed by atoms with Crippen LogP contribution < -0.4 is 21.3 Å². The molecule has 1 atom stereocenters. The van der Waals surface area contributed by atoms with Crippen molar-refractivity contribution in [2.75, 3.05) is 47.6 Å². The third-order valence-electron chi connectivity index (χ3n) is 4.92. The van der Waals surface area contributed by atoms with E-state index in [0.717, 1.165) is 0 Å². The summed E-state index contributed by atoms with van der Waals surface area (Å²) in [6.07, 6.45) is -0.115. The smallest absolute Gasteiger partial charge is 0.269 e. The topological polar surface area (TPSA) is 166 Å². The van der Waals surface area contributed by atoms with E-state index in [1.54, 1.807) is 0 Å². The van der Waals surface area contributed by atoms with Gasteiger partial charge in [0.05, 0.1) is 29.6 Å². The van der Waals surface area contributed by atoms with E-state index in [0.29, 0.717) is 43.5 Å². The van der Waals surface area contributed by atoms with Gasteiger partial charge in [-0.3, -0.25) is 19.7 Å². The quantitative estimate of drug-likeness (QED) is 0.487. The Hall–Kier alpha value is -3.80. The van der Waals surface area contributed by atoms with Crippen LogP contribution in [0, 0.1) is 10.1 Å². The monoisotopic (exact) mass is 413 g/mol. The van der Waals surface area contributed by atoms with Gasteiger partial charge in [-0.1, -0.05) is 0 Å². The Morgan fingerprint density at radius 2 is 1.97 bits per heavy atom. The van der Waals surface area contributed by atoms with Gasteiger partial charge in [-0.15, -0.1) is 0 Å². The molecule has 156 valence electrons. The molecule has 1 aromatic carbocycles. The molecule has 2 amide bonds. The van der Waals surface area contributed by atoms with E-state index in [2.05, 4.69) is 20.6 Å². The fourth-order valence-corrected chi connectivity index (χ4v) is 3.41. The molecule has 3 heterocycles. The second kappa shape index (κ2) is 7.91. The number of non-ortho nitro benzene ring substituents is 1. The maximum Gasteiger partial charge on any atom is 0.269 e. The number of rotatable bonds is 4. The molecule has 2 aliphatic rings. The van der Waals surface area contributed by atoms with Crippen LogP contribution in [0.4, 0.5) is 29.0 Å². The first-order chi connectivity index (χ1) is 14.4. The molecule has 12 heteroatoms. The van der Waals surface area contributed by atoms with E-state index >= 15 is 0 Å². The highest BCUT2D eigenvalue weighted by Crippen LogP contribution is 2.36. The van der Waals surface area contributed by atoms with Crippen LogP contribution in [0.3, 0.4) is 0 Å². The second-order valence-electron chi connectivity index (χ2n) is 6.87. The summed E-state index contributed by atoms with van der Waals surface area (Å²) in [5, 5.41) is 16.1. The molecule has 30 heavy (non-hydrogen) atoms. The van der Waals surface area contributed by atoms with Crippen LogP contribution in [-0.2, 0) is 14.3 Å². The number of benzene rings is 1. The molecule has 2 aromatic rings. The van der Waals surface area contributed by atoms with E-state index in [1.807, 2.05) is 4.90 Å². The van der Waals surface area contributed by atoms with Crippen molar-refractivity contribution in [3.05, 3.63) is 39.9 Å². The van der Waals surface area contributed by atoms with Gasteiger partial charge in [-0.2, -0.15) is 9.97 Å². The number of nitrogens with one attached hydrogen (secondary N) is 2. The van der Waals surface area contributed by atoms with Crippen LogP contribution in [0.1, 0.15) is 17.9 Å². The van der Waals surface area contributed by atoms with Gasteiger partial charge in [0.15, 0.2) is 0 Å². The Labute approximate surface area is 170 Å². The van der Waals surface area contributed by atoms with Gasteiger partial charge >= 0.3 is 0 Å². The normalized spacial score (nSPS) is 18.3. The van der Waals surface area contributed by atoms with Crippen LogP contribution in [0.5, 0.6) is 0 Å². The molecule has 1 unspecified atom stereocenters. The maximum atomic E-state index is 12.9. The first-order valence-electron chi connectivity index (χ1n) is 9.27. The first kappa shape index (κ1) is 19.5. The molecule has 0 aliphatic carbocycles. The molecule has 1 saturated heterocycles. The lowest BCUT2D eigenvalue weighted by Gasteiger charge is -2.30. The van der Waals surface area contributed by atoms with Gasteiger partial charge < -0.3 is 26.0 Å². The first-order valence-corrected chi connectivity index (χ1v) is 9.27. The van der Waals surface area contributed by atoms with Crippen molar-refractivity contribution in [2.24, 2.45) is 0 Å². The number of nitrogens with zero attached hydrogens (tertiary/aromatic N) is 4. The molecule has 1 aromatic heterocycles. The van der Waals surface area contributed by atoms with Gasteiger partial charge in [0, 0.05) is 37.3 Å². The standard InChI is InChI=1S/C18H19N7O5/c19-15-14-12(17(27)20-10-1-3-11(4-2-10)25(28)29)9-13(26)21-16(14)23-18(22-15)24-5-7-30-8-6-24/h1-4,12H,5-9H2,(H,20,27)(H3,19,21,22,23,26). The number of nitrogen functional groups attached to an aromatic ring is 1. The van der Waals surface area contributed by atoms with Crippen LogP contribution in [-0.4, -0.2) is 53.0 Å². The number of nitrogens with two attached hydrogens (primary N) is 1. The summed E-state index contributed by atoms with van der Waals surface area (Å²) >= 11 is 0. The van der Waals surface area contributed by atoms with Crippen LogP contribution in [0.2, 0.25) is 0 Å². The van der Waals surface area contributed by atoms with E-state index < -0.39 is 16.7 Å². The minimum Gasteiger partial charge on any atom is -0.383 e. The zero-order valence-corrected chi connectivity index (χ0v) is 15.8. The van der Waals surface area contributed by atoms with Gasteiger partial charge in [0.1, 0.15) is 11.6 Å². The maximum absolute atomic E-state index is 12.9. The molecule has 12 nitrogen and oxygen atoms in total. The van der Waals surface area contributed by atoms with Crippen molar-refractivity contribution in [2.45, 2.75) is 12.3 Å². The summed E-state index contributed by atoms with van der Waals surface area (Å²) in [4.78, 5) is 46.0. The third-order valence-corrected chi connectivity index (χ3v) is 4.92. The Balaban J connectivity index is 1.59. The third kappa shape index (κ3) is 3.85. The van der Waals surface area contributed by atoms with Crippen molar-refractivity contribution in [3.63, 3.8) is 0 Å². The van der Waals surface area contributed by atoms with Gasteiger partial charge in [-0.05, 0) is 12.1 Å². The highest BCUT2D eigenvalue weighted by atomic mass is 16.6. The predicted octanol–water partition coefficient (Wildman–Crippen LogP) is 0.868. The lowest BCUT2D eigenvalue weighted by atomic mass is 9.92. The van der Waals surface area contributed by atoms with E-state index in [4.69, 9.17) is 10.5 Å². The number of morpholine rings is 1. The van der Waals surface area contributed by atoms with Crippen LogP contribution in [0.25, 0.3) is 0 Å². The second-order valence-corrected chi connectivity index (χ2v) is 6.87. The van der Waals surface area contributed by atoms with Gasteiger partial charge in [0.25, 0.3) is 5.69 Å². The Kier molecular flexibility index (Phi) is 5.14. The Morgan fingerprint density at radius 1 is 1.27 bits per heavy atom. The highest BCUT2D eigenvalue weighted by Gasteiger charge is 2.35. The summed E-state index contributed by atoms with van der Waals surface area (Å²) in [6.45, 7) is 2.26. The number of fused-ring (bicyclic) bond motifs is 1. The number of anilines is 4. The molecule has 2 aliphatic heterocycles. The zero-order valence-electron chi connectivity index (χ0n) is 15.8. The number of nitro groups is 1. The summed E-state index contributed by atoms with van der Waals surface area (Å²) < 4.78 is 5.32. The van der Waals surface area contributed by atoms with Crippen molar-refractivity contribution >= 4 is 40.8 Å². The van der Waals surface area contributed by atoms with E-state index in [1.165, 1.54) is 24.3 Å². The number of aromatic nitrogens is 2. The summed E-state index contributed by atoms with van der Waals surface area (Å²) in [7, 11) is 0. The summed E-state index contributed by atoms with van der Waals surface area (Å²) in [5.74, 6) is -1.03. The number of carbonyl (C=O) groups excluding carboxylic acids is 2. The zero-order chi connectivity index (χ0) is 21.3. The fraction of sp³-hybridized carbons (Fsp3) is 0.333. The largest absolute Gasteiger partial charge is 0.383 e. The SMILES string of the molecule is Nc1nc(N2CCOCC2)nc2c1C(C(=O)Nc1ccc([N+](=O)[O-])cc1)CC(=O)N2. The molecule has 0 radical (unpaired) electrons. The number of hydrogen-bond acceptors (Lipinski definition) is 9. The molecular weight excluding hydrogens is 394 g/mol. The summed E-state index contributed by atoms with van der Waals surface area (Å²) in [6, 6.07) is 5.40. The molecule has 0 spiro atoms. The Morgan fingerprint density at radius 3 is 2.63 bits per heavy atom. The minimum atomic E-state index is -0.886. The minimum absolute atomic E-state index is 0.0938. The van der Waals surface area contributed by atoms with Crippen LogP contribution >= 0.6 is 0 Å². The van der Waals surface area contributed by atoms with Crippen molar-refractivity contribution < 1.29 is 19.2 Å². The van der Waals surface area contributed by atoms with Crippen LogP contribution in [0.15, 0.2) is 24.3 Å². The number of nitro benzene ring substituents is 1. The van der Waals surface area contributed by atoms with E-state index in [9.17, 15) is 19.7 Å². The Bertz CT molecular complexity index is 1000. The number of carbonyl (C=O) groups is 2. The summed E-state index contributed by atoms with van der Waals surface area (Å²) in [5.41, 5.74) is 6.78. The fourth-order valence-electron chi connectivity index (χ4n) is 3.41. The lowest BCUT2D eigenvalue weighted by molar-refractivity contribution is -0.384. The van der Waals surface area contributed by atoms with Crippen molar-refractivity contribution in [1.29, 1.82) is 0 Å². The molecule has 4 rings (SSSR count). The van der Waals surface area contributed by atoms with Gasteiger partial charge in [0.2, 0.25) is 17.8 Å². The highest BCUT2D eigenvalue weighted by molar-refractivity contribution is 6.05. The number of amides is 2. The van der Waals surface area contributed by atoms with Gasteiger partial charge in [-0.25, -0.2) is 0 Å². The van der Waals surface area contributed by atoms with E-state index in [-0.39, 0.29) is 29.7 Å². The number of hydrogen-bond donors (Lipinski definition) is 3. The lowest BCUT2D eigenvalue weighted by Crippen LogP contribution is -2.38. The number of ether oxygens (including phenoxy) is 1. The molecule has 1 fully saturated rings. The molecular formula is C18H19N7O5. The average Bonchev–Trinajstić information content (AvgIpc) is 2.73. The molecule has 0 saturated carbocycles. The molecule has 0 bridgehead atoms. The van der Waals surface area contributed by atoms with Crippen molar-refractivity contribution in [3.8, 4) is 0 Å². The average molecular weight is 413 g/mol. The molecule has 4 N–H and O–H groups in total. The van der Waals surface area contributed by atoms with Crippen molar-refractivity contribution in [1.82, 2.24) is 9.97 Å². The predicted molar refractivity (Wildman–Crippen MR) is 107 cm³/mol.